The minimum absolute atomic E-state index is 0.0686. The summed E-state index contributed by atoms with van der Waals surface area (Å²) in [6, 6.07) is 21.6. The summed E-state index contributed by atoms with van der Waals surface area (Å²) < 4.78 is 5.94. The van der Waals surface area contributed by atoms with Crippen LogP contribution in [0.25, 0.3) is 0 Å². The van der Waals surface area contributed by atoms with E-state index in [0.29, 0.717) is 35.5 Å². The predicted molar refractivity (Wildman–Crippen MR) is 228 cm³/mol. The normalized spacial score (nSPS) is 17.9. The van der Waals surface area contributed by atoms with E-state index in [1.165, 1.54) is 38.8 Å². The van der Waals surface area contributed by atoms with Crippen molar-refractivity contribution in [2.24, 2.45) is 0 Å². The van der Waals surface area contributed by atoms with Crippen molar-refractivity contribution in [3.8, 4) is 0 Å². The van der Waals surface area contributed by atoms with Crippen LogP contribution in [0.4, 0.5) is 0 Å². The molecule has 5 heteroatoms. The van der Waals surface area contributed by atoms with Gasteiger partial charge in [-0.1, -0.05) is 148 Å². The molecule has 0 fully saturated rings. The van der Waals surface area contributed by atoms with Crippen LogP contribution in [0.1, 0.15) is 199 Å². The second kappa shape index (κ2) is 15.3. The van der Waals surface area contributed by atoms with Crippen LogP contribution in [-0.4, -0.2) is 33.5 Å². The van der Waals surface area contributed by atoms with Gasteiger partial charge in [0.25, 0.3) is 5.84 Å². The molecule has 0 unspecified atom stereocenters. The quantitative estimate of drug-likeness (QED) is 0.141. The van der Waals surface area contributed by atoms with Gasteiger partial charge < -0.3 is 25.1 Å². The van der Waals surface area contributed by atoms with Gasteiger partial charge in [0, 0.05) is 0 Å². The first-order valence-electron chi connectivity index (χ1n) is 19.4. The molecule has 3 aromatic carbocycles. The Bertz CT molecular complexity index is 1550. The van der Waals surface area contributed by atoms with Crippen LogP contribution in [0.15, 0.2) is 54.6 Å². The third-order valence-electron chi connectivity index (χ3n) is 10.1. The molecular weight excluding hydrogens is 659 g/mol. The fraction of sp³-hybridized carbons (Fsp3) is 0.578. The first-order chi connectivity index (χ1) is 23.0. The minimum atomic E-state index is -2.62. The molecule has 0 bridgehead atoms. The second-order valence-electron chi connectivity index (χ2n) is 18.5. The fourth-order valence-corrected chi connectivity index (χ4v) is 24.9. The fourth-order valence-electron chi connectivity index (χ4n) is 7.44. The van der Waals surface area contributed by atoms with E-state index in [4.69, 9.17) is 0 Å². The van der Waals surface area contributed by atoms with Gasteiger partial charge in [-0.05, 0) is 100 Å². The Kier molecular flexibility index (Phi) is 12.5. The van der Waals surface area contributed by atoms with Gasteiger partial charge in [0.2, 0.25) is 0 Å². The maximum absolute atomic E-state index is 2.97. The molecule has 0 saturated carbocycles. The van der Waals surface area contributed by atoms with Crippen molar-refractivity contribution >= 4 is 40.4 Å². The van der Waals surface area contributed by atoms with Crippen LogP contribution in [0, 0.1) is 0 Å². The molecule has 0 atom stereocenters. The van der Waals surface area contributed by atoms with E-state index in [-0.39, 0.29) is 11.1 Å². The van der Waals surface area contributed by atoms with E-state index in [1.54, 1.807) is 32.9 Å². The van der Waals surface area contributed by atoms with E-state index >= 15 is 0 Å². The highest BCUT2D eigenvalue weighted by molar-refractivity contribution is 8.15. The SMILES string of the molecule is CC(C)c1cc(C(C)C)c([P-][Si]2([P-]c3c(C(C)C)cc(C(C)C)cc3C(C)C)N(C(C)(C)C)C(c3ccccc3)=[N+]2C(C)(C)C)c(C(C)C)c1. The maximum atomic E-state index is 2.97. The van der Waals surface area contributed by atoms with E-state index in [9.17, 15) is 0 Å². The number of nitrogens with zero attached hydrogens (tertiary/aromatic N) is 2. The van der Waals surface area contributed by atoms with Crippen LogP contribution < -0.4 is 10.6 Å². The van der Waals surface area contributed by atoms with E-state index in [0.717, 1.165) is 0 Å². The summed E-state index contributed by atoms with van der Waals surface area (Å²) in [6.45, 7) is 43.5. The van der Waals surface area contributed by atoms with Crippen LogP contribution in [-0.2, 0) is 0 Å². The highest BCUT2D eigenvalue weighted by Gasteiger charge is 2.57. The topological polar surface area (TPSA) is 6.25 Å². The molecule has 274 valence electrons. The van der Waals surface area contributed by atoms with Gasteiger partial charge in [0.15, 0.2) is 7.73 Å². The molecule has 50 heavy (non-hydrogen) atoms. The molecule has 0 aliphatic carbocycles. The summed E-state index contributed by atoms with van der Waals surface area (Å²) in [5, 5.41) is 3.18. The van der Waals surface area contributed by atoms with Gasteiger partial charge >= 0.3 is 0 Å². The van der Waals surface area contributed by atoms with Crippen molar-refractivity contribution in [2.75, 3.05) is 0 Å². The summed E-state index contributed by atoms with van der Waals surface area (Å²) in [7, 11) is 0.359. The van der Waals surface area contributed by atoms with Crippen molar-refractivity contribution < 1.29 is 4.24 Å². The molecule has 0 amide bonds. The number of amidine groups is 1. The Morgan fingerprint density at radius 1 is 0.520 bits per heavy atom. The molecule has 0 saturated heterocycles. The molecule has 0 radical (unpaired) electrons. The molecule has 1 heterocycles. The summed E-state index contributed by atoms with van der Waals surface area (Å²) >= 11 is 0. The lowest BCUT2D eigenvalue weighted by Crippen LogP contribution is -2.80. The van der Waals surface area contributed by atoms with Crippen LogP contribution >= 0.6 is 16.3 Å². The van der Waals surface area contributed by atoms with Crippen LogP contribution in [0.5, 0.6) is 0 Å². The monoisotopic (exact) mass is 727 g/mol. The van der Waals surface area contributed by atoms with E-state index in [2.05, 4.69) is 188 Å². The summed E-state index contributed by atoms with van der Waals surface area (Å²) in [5.74, 6) is 4.20. The Labute approximate surface area is 312 Å². The Morgan fingerprint density at radius 3 is 1.12 bits per heavy atom. The molecule has 4 rings (SSSR count). The number of hydrogen-bond acceptors (Lipinski definition) is 1. The molecule has 0 spiro atoms. The Hall–Kier alpha value is -1.79. The lowest BCUT2D eigenvalue weighted by Gasteiger charge is -2.70. The third-order valence-corrected chi connectivity index (χ3v) is 22.5. The molecule has 0 N–H and O–H groups in total. The lowest BCUT2D eigenvalue weighted by molar-refractivity contribution is -0.506. The lowest BCUT2D eigenvalue weighted by atomic mass is 9.89. The molecule has 1 aliphatic rings. The standard InChI is InChI=1S/C45H69N2P2Si/c1-28(2)35-24-37(30(5)6)41(38(25-35)31(7)8)48-50(49-42-39(32(9)10)26-36(29(3)4)27-40(42)33(11)12)46(44(13,14)15)43(47(50)45(16,17)18)34-22-20-19-21-23-34/h19-33H,1-18H3/q-1. The highest BCUT2D eigenvalue weighted by Crippen LogP contribution is 2.57. The smallest absolute Gasteiger partial charge is 0.250 e. The van der Waals surface area contributed by atoms with Crippen LogP contribution in [0.2, 0.25) is 0 Å². The largest absolute Gasteiger partial charge is 0.437 e. The van der Waals surface area contributed by atoms with E-state index in [1.807, 2.05) is 0 Å². The summed E-state index contributed by atoms with van der Waals surface area (Å²) in [5.41, 5.74) is 10.3. The average molecular weight is 728 g/mol. The van der Waals surface area contributed by atoms with Gasteiger partial charge in [0.1, 0.15) is 0 Å². The third kappa shape index (κ3) is 8.07. The Morgan fingerprint density at radius 2 is 0.860 bits per heavy atom. The molecule has 1 aliphatic heterocycles. The number of hydrogen-bond donors (Lipinski definition) is 0. The van der Waals surface area contributed by atoms with Gasteiger partial charge in [-0.15, -0.1) is 0 Å². The molecule has 0 aromatic heterocycles. The summed E-state index contributed by atoms with van der Waals surface area (Å²) in [4.78, 5) is 0. The number of rotatable bonds is 11. The van der Waals surface area contributed by atoms with Crippen LogP contribution in [0.3, 0.4) is 0 Å². The summed E-state index contributed by atoms with van der Waals surface area (Å²) in [6.07, 6.45) is 0. The van der Waals surface area contributed by atoms with Crippen molar-refractivity contribution in [1.82, 2.24) is 4.57 Å². The maximum Gasteiger partial charge on any atom is 0.250 e. The first-order valence-corrected chi connectivity index (χ1v) is 24.7. The van der Waals surface area contributed by atoms with Crippen molar-refractivity contribution in [3.63, 3.8) is 0 Å². The van der Waals surface area contributed by atoms with Gasteiger partial charge in [-0.2, -0.15) is 10.6 Å². The van der Waals surface area contributed by atoms with Gasteiger partial charge in [-0.25, -0.2) is 0 Å². The predicted octanol–water partition coefficient (Wildman–Crippen LogP) is 13.1. The minimum Gasteiger partial charge on any atom is -0.437 e. The highest BCUT2D eigenvalue weighted by atomic mass is 31.6. The van der Waals surface area contributed by atoms with Gasteiger partial charge in [0.05, 0.1) is 16.6 Å². The van der Waals surface area contributed by atoms with Crippen molar-refractivity contribution in [1.29, 1.82) is 0 Å². The van der Waals surface area contributed by atoms with Gasteiger partial charge in [-0.3, -0.25) is 0 Å². The molecular formula is C45H69N2P2Si-. The molecule has 3 aromatic rings. The van der Waals surface area contributed by atoms with Crippen molar-refractivity contribution in [2.45, 2.75) is 171 Å². The zero-order valence-electron chi connectivity index (χ0n) is 34.9. The van der Waals surface area contributed by atoms with E-state index < -0.39 is 7.73 Å². The number of benzene rings is 3. The van der Waals surface area contributed by atoms with Crippen molar-refractivity contribution in [3.05, 3.63) is 93.5 Å². The zero-order valence-corrected chi connectivity index (χ0v) is 37.7. The molecule has 2 nitrogen and oxygen atoms in total. The average Bonchev–Trinajstić information content (AvgIpc) is 2.97. The first kappa shape index (κ1) is 41.0. The second-order valence-corrected chi connectivity index (χ2v) is 28.1. The zero-order chi connectivity index (χ0) is 37.7. The Balaban J connectivity index is 2.24.